The molecule has 0 bridgehead atoms. The molecule has 3 rings (SSSR count). The monoisotopic (exact) mass is 393 g/mol. The second kappa shape index (κ2) is 7.31. The number of aromatic nitrogens is 3. The van der Waals surface area contributed by atoms with Gasteiger partial charge in [0.1, 0.15) is 12.7 Å². The average molecular weight is 395 g/mol. The van der Waals surface area contributed by atoms with Gasteiger partial charge in [0, 0.05) is 14.4 Å². The van der Waals surface area contributed by atoms with Crippen LogP contribution >= 0.6 is 39.3 Å². The first-order valence-corrected chi connectivity index (χ1v) is 8.76. The largest absolute Gasteiger partial charge is 0.252 e. The van der Waals surface area contributed by atoms with E-state index in [1.54, 1.807) is 24.4 Å². The molecule has 2 aromatic carbocycles. The second-order valence-electron chi connectivity index (χ2n) is 4.73. The number of halogens is 2. The minimum absolute atomic E-state index is 0.236. The SMILES string of the molecule is Clc1ccc(SC(Cn2cncn2)c2cccc(Br)c2)cc1. The maximum Gasteiger partial charge on any atom is 0.137 e. The molecule has 0 aliphatic rings. The number of nitrogens with zero attached hydrogens (tertiary/aromatic N) is 3. The van der Waals surface area contributed by atoms with Gasteiger partial charge in [0.25, 0.3) is 0 Å². The van der Waals surface area contributed by atoms with Crippen LogP contribution in [0.1, 0.15) is 10.8 Å². The Morgan fingerprint density at radius 2 is 2.00 bits per heavy atom. The molecule has 22 heavy (non-hydrogen) atoms. The normalized spacial score (nSPS) is 12.3. The highest BCUT2D eigenvalue weighted by Crippen LogP contribution is 2.37. The summed E-state index contributed by atoms with van der Waals surface area (Å²) >= 11 is 11.3. The summed E-state index contributed by atoms with van der Waals surface area (Å²) in [4.78, 5) is 5.20. The molecular weight excluding hydrogens is 382 g/mol. The standard InChI is InChI=1S/C16H13BrClN3S/c17-13-3-1-2-12(8-13)16(9-21-11-19-10-20-21)22-15-6-4-14(18)5-7-15/h1-8,10-11,16H,9H2. The van der Waals surface area contributed by atoms with Gasteiger partial charge in [-0.2, -0.15) is 5.10 Å². The van der Waals surface area contributed by atoms with Crippen LogP contribution < -0.4 is 0 Å². The summed E-state index contributed by atoms with van der Waals surface area (Å²) in [6.45, 7) is 0.754. The van der Waals surface area contributed by atoms with Crippen molar-refractivity contribution in [3.63, 3.8) is 0 Å². The average Bonchev–Trinajstić information content (AvgIpc) is 3.02. The molecule has 112 valence electrons. The molecule has 1 aromatic heterocycles. The van der Waals surface area contributed by atoms with E-state index >= 15 is 0 Å². The Kier molecular flexibility index (Phi) is 5.18. The molecule has 3 aromatic rings. The van der Waals surface area contributed by atoms with Gasteiger partial charge in [0.2, 0.25) is 0 Å². The van der Waals surface area contributed by atoms with Crippen LogP contribution in [0.3, 0.4) is 0 Å². The van der Waals surface area contributed by atoms with E-state index in [-0.39, 0.29) is 5.25 Å². The minimum Gasteiger partial charge on any atom is -0.252 e. The maximum absolute atomic E-state index is 5.96. The number of hydrogen-bond acceptors (Lipinski definition) is 3. The Balaban J connectivity index is 1.86. The van der Waals surface area contributed by atoms with E-state index in [1.807, 2.05) is 35.0 Å². The fraction of sp³-hybridized carbons (Fsp3) is 0.125. The van der Waals surface area contributed by atoms with E-state index in [4.69, 9.17) is 11.6 Å². The van der Waals surface area contributed by atoms with Crippen molar-refractivity contribution >= 4 is 39.3 Å². The summed E-state index contributed by atoms with van der Waals surface area (Å²) < 4.78 is 2.93. The third kappa shape index (κ3) is 4.12. The van der Waals surface area contributed by atoms with Gasteiger partial charge in [-0.15, -0.1) is 11.8 Å². The van der Waals surface area contributed by atoms with E-state index < -0.39 is 0 Å². The Hall–Kier alpha value is -1.30. The van der Waals surface area contributed by atoms with E-state index in [0.29, 0.717) is 0 Å². The van der Waals surface area contributed by atoms with E-state index in [2.05, 4.69) is 44.2 Å². The van der Waals surface area contributed by atoms with E-state index in [9.17, 15) is 0 Å². The maximum atomic E-state index is 5.96. The number of thioether (sulfide) groups is 1. The van der Waals surface area contributed by atoms with Crippen LogP contribution in [0.15, 0.2) is 70.6 Å². The van der Waals surface area contributed by atoms with Crippen LogP contribution in [0.2, 0.25) is 5.02 Å². The summed E-state index contributed by atoms with van der Waals surface area (Å²) in [7, 11) is 0. The molecule has 0 aliphatic carbocycles. The third-order valence-electron chi connectivity index (χ3n) is 3.13. The lowest BCUT2D eigenvalue weighted by atomic mass is 10.1. The van der Waals surface area contributed by atoms with Gasteiger partial charge in [-0.1, -0.05) is 39.7 Å². The smallest absolute Gasteiger partial charge is 0.137 e. The van der Waals surface area contributed by atoms with Crippen molar-refractivity contribution in [1.29, 1.82) is 0 Å². The topological polar surface area (TPSA) is 30.7 Å². The Bertz CT molecular complexity index is 731. The number of rotatable bonds is 5. The molecule has 0 saturated heterocycles. The predicted octanol–water partition coefficient (Wildman–Crippen LogP) is 5.23. The third-order valence-corrected chi connectivity index (χ3v) is 5.13. The molecule has 1 atom stereocenters. The minimum atomic E-state index is 0.236. The molecule has 1 heterocycles. The zero-order valence-electron chi connectivity index (χ0n) is 11.6. The molecular formula is C16H13BrClN3S. The van der Waals surface area contributed by atoms with Crippen molar-refractivity contribution in [2.75, 3.05) is 0 Å². The summed E-state index contributed by atoms with van der Waals surface area (Å²) in [5, 5.41) is 5.21. The first-order valence-electron chi connectivity index (χ1n) is 6.71. The zero-order valence-corrected chi connectivity index (χ0v) is 14.7. The highest BCUT2D eigenvalue weighted by Gasteiger charge is 2.15. The van der Waals surface area contributed by atoms with Crippen molar-refractivity contribution in [3.05, 3.63) is 76.2 Å². The van der Waals surface area contributed by atoms with Gasteiger partial charge >= 0.3 is 0 Å². The van der Waals surface area contributed by atoms with Crippen LogP contribution in [0.4, 0.5) is 0 Å². The van der Waals surface area contributed by atoms with Gasteiger partial charge in [-0.05, 0) is 42.0 Å². The van der Waals surface area contributed by atoms with Gasteiger partial charge in [-0.25, -0.2) is 4.98 Å². The molecule has 0 aliphatic heterocycles. The molecule has 3 nitrogen and oxygen atoms in total. The molecule has 0 amide bonds. The van der Waals surface area contributed by atoms with E-state index in [0.717, 1.165) is 16.0 Å². The van der Waals surface area contributed by atoms with Crippen LogP contribution in [-0.2, 0) is 6.54 Å². The van der Waals surface area contributed by atoms with Gasteiger partial charge in [0.05, 0.1) is 11.8 Å². The quantitative estimate of drug-likeness (QED) is 0.555. The second-order valence-corrected chi connectivity index (χ2v) is 7.36. The highest BCUT2D eigenvalue weighted by molar-refractivity contribution is 9.10. The molecule has 6 heteroatoms. The lowest BCUT2D eigenvalue weighted by molar-refractivity contribution is 0.604. The molecule has 0 N–H and O–H groups in total. The van der Waals surface area contributed by atoms with Crippen LogP contribution in [0, 0.1) is 0 Å². The van der Waals surface area contributed by atoms with Crippen molar-refractivity contribution in [1.82, 2.24) is 14.8 Å². The first-order chi connectivity index (χ1) is 10.7. The molecule has 0 radical (unpaired) electrons. The Morgan fingerprint density at radius 1 is 1.18 bits per heavy atom. The lowest BCUT2D eigenvalue weighted by Crippen LogP contribution is -2.07. The molecule has 0 spiro atoms. The van der Waals surface area contributed by atoms with Crippen LogP contribution in [-0.4, -0.2) is 14.8 Å². The van der Waals surface area contributed by atoms with Gasteiger partial charge < -0.3 is 0 Å². The van der Waals surface area contributed by atoms with Crippen LogP contribution in [0.5, 0.6) is 0 Å². The van der Waals surface area contributed by atoms with Crippen LogP contribution in [0.25, 0.3) is 0 Å². The molecule has 0 saturated carbocycles. The summed E-state index contributed by atoms with van der Waals surface area (Å²) in [6.07, 6.45) is 3.30. The lowest BCUT2D eigenvalue weighted by Gasteiger charge is -2.17. The van der Waals surface area contributed by atoms with Crippen molar-refractivity contribution < 1.29 is 0 Å². The summed E-state index contributed by atoms with van der Waals surface area (Å²) in [5.41, 5.74) is 1.24. The van der Waals surface area contributed by atoms with Crippen molar-refractivity contribution in [2.45, 2.75) is 16.7 Å². The predicted molar refractivity (Wildman–Crippen MR) is 94.2 cm³/mol. The van der Waals surface area contributed by atoms with Crippen molar-refractivity contribution in [2.24, 2.45) is 0 Å². The highest BCUT2D eigenvalue weighted by atomic mass is 79.9. The zero-order chi connectivity index (χ0) is 15.4. The summed E-state index contributed by atoms with van der Waals surface area (Å²) in [6, 6.07) is 16.3. The number of hydrogen-bond donors (Lipinski definition) is 0. The number of benzene rings is 2. The Morgan fingerprint density at radius 3 is 2.68 bits per heavy atom. The molecule has 1 unspecified atom stereocenters. The fourth-order valence-corrected chi connectivity index (χ4v) is 3.77. The van der Waals surface area contributed by atoms with Crippen molar-refractivity contribution in [3.8, 4) is 0 Å². The fourth-order valence-electron chi connectivity index (χ4n) is 2.09. The van der Waals surface area contributed by atoms with Gasteiger partial charge in [-0.3, -0.25) is 4.68 Å². The molecule has 0 fully saturated rings. The Labute approximate surface area is 146 Å². The van der Waals surface area contributed by atoms with Gasteiger partial charge in [0.15, 0.2) is 0 Å². The first kappa shape index (κ1) is 15.6. The van der Waals surface area contributed by atoms with E-state index in [1.165, 1.54) is 10.5 Å². The summed E-state index contributed by atoms with van der Waals surface area (Å²) in [5.74, 6) is 0.